The Hall–Kier alpha value is -1.48. The Balaban J connectivity index is 2.57. The maximum atomic E-state index is 11.4. The van der Waals surface area contributed by atoms with Gasteiger partial charge in [0.2, 0.25) is 0 Å². The molecule has 0 atom stereocenters. The minimum Gasteiger partial charge on any atom is -0.544 e. The highest BCUT2D eigenvalue weighted by Crippen LogP contribution is 2.42. The Bertz CT molecular complexity index is 730. The molecule has 0 fully saturated rings. The molecule has 2 rings (SSSR count). The van der Waals surface area contributed by atoms with Gasteiger partial charge in [-0.3, -0.25) is 0 Å². The maximum absolute atomic E-state index is 11.4. The molecule has 22 heavy (non-hydrogen) atoms. The molecule has 0 amide bonds. The van der Waals surface area contributed by atoms with Crippen LogP contribution in [0.25, 0.3) is 11.1 Å². The van der Waals surface area contributed by atoms with E-state index >= 15 is 0 Å². The largest absolute Gasteiger partial charge is 0.544 e. The fraction of sp³-hybridized carbons (Fsp3) is 0.250. The lowest BCUT2D eigenvalue weighted by atomic mass is 10.0. The smallest absolute Gasteiger partial charge is 0.102 e. The van der Waals surface area contributed by atoms with Gasteiger partial charge in [0.05, 0.1) is 20.6 Å². The number of rotatable bonds is 5. The molecule has 6 heteroatoms. The predicted molar refractivity (Wildman–Crippen MR) is 89.4 cm³/mol. The first-order chi connectivity index (χ1) is 10.4. The van der Waals surface area contributed by atoms with Gasteiger partial charge in [-0.05, 0) is 23.6 Å². The van der Waals surface area contributed by atoms with Crippen molar-refractivity contribution in [1.82, 2.24) is 0 Å². The Kier molecular flexibility index (Phi) is 5.52. The van der Waals surface area contributed by atoms with E-state index in [1.807, 2.05) is 0 Å². The van der Waals surface area contributed by atoms with Crippen LogP contribution >= 0.6 is 34.7 Å². The summed E-state index contributed by atoms with van der Waals surface area (Å²) in [7, 11) is 0. The zero-order chi connectivity index (χ0) is 16.3. The van der Waals surface area contributed by atoms with Gasteiger partial charge in [-0.25, -0.2) is 0 Å². The van der Waals surface area contributed by atoms with E-state index in [0.717, 1.165) is 21.3 Å². The van der Waals surface area contributed by atoms with Crippen molar-refractivity contribution in [3.63, 3.8) is 0 Å². The molecule has 0 aliphatic heterocycles. The van der Waals surface area contributed by atoms with Gasteiger partial charge >= 0.3 is 0 Å². The van der Waals surface area contributed by atoms with Crippen LogP contribution in [0.3, 0.4) is 0 Å². The third-order valence-electron chi connectivity index (χ3n) is 2.85. The molecule has 0 radical (unpaired) electrons. The second-order valence-electron chi connectivity index (χ2n) is 5.08. The summed E-state index contributed by atoms with van der Waals surface area (Å²) in [6.07, 6.45) is 0. The molecule has 1 aromatic carbocycles. The molecule has 0 saturated carbocycles. The number of aromatic carboxylic acids is 1. The van der Waals surface area contributed by atoms with E-state index in [4.69, 9.17) is 11.6 Å². The van der Waals surface area contributed by atoms with Crippen molar-refractivity contribution in [3.8, 4) is 17.2 Å². The molecular formula is C16H13ClNO2S2-. The van der Waals surface area contributed by atoms with E-state index in [1.165, 1.54) is 11.8 Å². The van der Waals surface area contributed by atoms with Crippen LogP contribution in [0.2, 0.25) is 5.02 Å². The minimum atomic E-state index is -1.26. The molecule has 1 heterocycles. The predicted octanol–water partition coefficient (Wildman–Crippen LogP) is 4.05. The van der Waals surface area contributed by atoms with Crippen LogP contribution in [0.4, 0.5) is 0 Å². The zero-order valence-electron chi connectivity index (χ0n) is 12.1. The molecule has 0 spiro atoms. The number of benzene rings is 1. The minimum absolute atomic E-state index is 0.0881. The maximum Gasteiger partial charge on any atom is 0.102 e. The van der Waals surface area contributed by atoms with Crippen molar-refractivity contribution in [2.24, 2.45) is 5.92 Å². The molecule has 0 aliphatic rings. The SMILES string of the molecule is CC(C)CSc1sc(C(=O)[O-])c(-c2ccc(Cl)cc2)c1C#N. The number of thiophene rings is 1. The van der Waals surface area contributed by atoms with E-state index in [2.05, 4.69) is 19.9 Å². The number of carboxylic acid groups (broad SMARTS) is 1. The summed E-state index contributed by atoms with van der Waals surface area (Å²) in [6.45, 7) is 4.15. The molecule has 0 bridgehead atoms. The van der Waals surface area contributed by atoms with E-state index in [1.54, 1.807) is 24.3 Å². The first-order valence-electron chi connectivity index (χ1n) is 6.61. The van der Waals surface area contributed by atoms with Crippen molar-refractivity contribution >= 4 is 40.7 Å². The number of hydrogen-bond acceptors (Lipinski definition) is 5. The number of carboxylic acids is 1. The highest BCUT2D eigenvalue weighted by Gasteiger charge is 2.20. The topological polar surface area (TPSA) is 63.9 Å². The van der Waals surface area contributed by atoms with Gasteiger partial charge in [0.15, 0.2) is 0 Å². The number of carbonyl (C=O) groups excluding carboxylic acids is 1. The molecular weight excluding hydrogens is 338 g/mol. The fourth-order valence-electron chi connectivity index (χ4n) is 1.89. The monoisotopic (exact) mass is 350 g/mol. The second-order valence-corrected chi connectivity index (χ2v) is 7.83. The number of halogens is 1. The Labute approximate surface area is 142 Å². The lowest BCUT2D eigenvalue weighted by Gasteiger charge is -2.06. The Morgan fingerprint density at radius 1 is 1.41 bits per heavy atom. The summed E-state index contributed by atoms with van der Waals surface area (Å²) < 4.78 is 0.723. The summed E-state index contributed by atoms with van der Waals surface area (Å²) in [4.78, 5) is 11.5. The van der Waals surface area contributed by atoms with Crippen LogP contribution in [0, 0.1) is 17.2 Å². The summed E-state index contributed by atoms with van der Waals surface area (Å²) in [5.74, 6) is 0.00809. The average molecular weight is 351 g/mol. The number of hydrogen-bond donors (Lipinski definition) is 0. The lowest BCUT2D eigenvalue weighted by molar-refractivity contribution is -0.254. The quantitative estimate of drug-likeness (QED) is 0.763. The van der Waals surface area contributed by atoms with Crippen molar-refractivity contribution in [2.45, 2.75) is 18.1 Å². The average Bonchev–Trinajstić information content (AvgIpc) is 2.84. The highest BCUT2D eigenvalue weighted by atomic mass is 35.5. The molecule has 3 nitrogen and oxygen atoms in total. The molecule has 1 aromatic heterocycles. The Morgan fingerprint density at radius 2 is 2.05 bits per heavy atom. The highest BCUT2D eigenvalue weighted by molar-refractivity contribution is 8.01. The third-order valence-corrected chi connectivity index (χ3v) is 5.97. The van der Waals surface area contributed by atoms with Crippen molar-refractivity contribution < 1.29 is 9.90 Å². The van der Waals surface area contributed by atoms with Gasteiger partial charge in [-0.15, -0.1) is 23.1 Å². The normalized spacial score (nSPS) is 10.7. The number of nitrogens with zero attached hydrogens (tertiary/aromatic N) is 1. The van der Waals surface area contributed by atoms with Gasteiger partial charge in [0.25, 0.3) is 0 Å². The summed E-state index contributed by atoms with van der Waals surface area (Å²) in [5.41, 5.74) is 1.49. The van der Waals surface area contributed by atoms with E-state index in [9.17, 15) is 15.2 Å². The summed E-state index contributed by atoms with van der Waals surface area (Å²) in [5, 5.41) is 21.5. The van der Waals surface area contributed by atoms with Gasteiger partial charge in [-0.1, -0.05) is 37.6 Å². The standard InChI is InChI=1S/C16H14ClNO2S2/c1-9(2)8-21-16-12(7-18)13(14(22-16)15(19)20)10-3-5-11(17)6-4-10/h3-6,9H,8H2,1-2H3,(H,19,20)/p-1. The summed E-state index contributed by atoms with van der Waals surface area (Å²) in [6, 6.07) is 8.93. The lowest BCUT2D eigenvalue weighted by Crippen LogP contribution is -2.21. The molecule has 0 N–H and O–H groups in total. The van der Waals surface area contributed by atoms with E-state index < -0.39 is 5.97 Å². The fourth-order valence-corrected chi connectivity index (χ4v) is 4.32. The number of carbonyl (C=O) groups is 1. The molecule has 0 saturated heterocycles. The Morgan fingerprint density at radius 3 is 2.55 bits per heavy atom. The van der Waals surface area contributed by atoms with Crippen molar-refractivity contribution in [3.05, 3.63) is 39.7 Å². The molecule has 0 aliphatic carbocycles. The van der Waals surface area contributed by atoms with Crippen LogP contribution < -0.4 is 5.11 Å². The van der Waals surface area contributed by atoms with Gasteiger partial charge in [-0.2, -0.15) is 5.26 Å². The van der Waals surface area contributed by atoms with Crippen LogP contribution in [0.5, 0.6) is 0 Å². The molecule has 114 valence electrons. The van der Waals surface area contributed by atoms with E-state index in [0.29, 0.717) is 27.6 Å². The number of nitriles is 1. The second kappa shape index (κ2) is 7.19. The van der Waals surface area contributed by atoms with Gasteiger partial charge in [0, 0.05) is 16.3 Å². The molecule has 2 aromatic rings. The van der Waals surface area contributed by atoms with Crippen molar-refractivity contribution in [1.29, 1.82) is 5.26 Å². The van der Waals surface area contributed by atoms with Crippen molar-refractivity contribution in [2.75, 3.05) is 5.75 Å². The van der Waals surface area contributed by atoms with E-state index in [-0.39, 0.29) is 4.88 Å². The van der Waals surface area contributed by atoms with Gasteiger partial charge < -0.3 is 9.90 Å². The first kappa shape index (κ1) is 16.9. The summed E-state index contributed by atoms with van der Waals surface area (Å²) >= 11 is 8.48. The van der Waals surface area contributed by atoms with Crippen LogP contribution in [-0.2, 0) is 0 Å². The van der Waals surface area contributed by atoms with Crippen LogP contribution in [0.1, 0.15) is 29.1 Å². The van der Waals surface area contributed by atoms with Crippen LogP contribution in [0.15, 0.2) is 28.5 Å². The molecule has 0 unspecified atom stereocenters. The first-order valence-corrected chi connectivity index (χ1v) is 8.79. The zero-order valence-corrected chi connectivity index (χ0v) is 14.4. The number of thioether (sulfide) groups is 1. The van der Waals surface area contributed by atoms with Crippen LogP contribution in [-0.4, -0.2) is 11.7 Å². The third kappa shape index (κ3) is 3.64. The van der Waals surface area contributed by atoms with Gasteiger partial charge in [0.1, 0.15) is 6.07 Å².